The van der Waals surface area contributed by atoms with E-state index in [0.29, 0.717) is 17.5 Å². The van der Waals surface area contributed by atoms with Crippen LogP contribution in [0.25, 0.3) is 0 Å². The molecule has 116 valence electrons. The normalized spacial score (nSPS) is 28.3. The predicted molar refractivity (Wildman–Crippen MR) is 91.1 cm³/mol. The van der Waals surface area contributed by atoms with Crippen molar-refractivity contribution in [2.24, 2.45) is 5.41 Å². The van der Waals surface area contributed by atoms with Crippen molar-refractivity contribution in [3.63, 3.8) is 0 Å². The maximum atomic E-state index is 3.59. The van der Waals surface area contributed by atoms with Crippen molar-refractivity contribution in [3.8, 4) is 0 Å². The number of hydrogen-bond donors (Lipinski definition) is 1. The fraction of sp³-hybridized carbons (Fsp3) is 0.684. The Morgan fingerprint density at radius 3 is 2.86 bits per heavy atom. The van der Waals surface area contributed by atoms with Gasteiger partial charge in [-0.15, -0.1) is 0 Å². The summed E-state index contributed by atoms with van der Waals surface area (Å²) in [6.45, 7) is 8.30. The third kappa shape index (κ3) is 2.96. The molecule has 2 aliphatic rings. The molecule has 2 atom stereocenters. The van der Waals surface area contributed by atoms with Gasteiger partial charge in [0.25, 0.3) is 0 Å². The van der Waals surface area contributed by atoms with E-state index in [4.69, 9.17) is 0 Å². The molecule has 1 fully saturated rings. The van der Waals surface area contributed by atoms with E-state index in [1.54, 1.807) is 5.56 Å². The highest BCUT2D eigenvalue weighted by atomic mass is 15.2. The van der Waals surface area contributed by atoms with Crippen molar-refractivity contribution < 1.29 is 0 Å². The molecule has 0 amide bonds. The van der Waals surface area contributed by atoms with E-state index in [0.717, 1.165) is 0 Å². The molecule has 0 saturated heterocycles. The number of aryl methyl sites for hydroxylation is 2. The Balaban J connectivity index is 1.92. The van der Waals surface area contributed by atoms with Gasteiger partial charge in [0.05, 0.1) is 0 Å². The Bertz CT molecular complexity index is 506. The van der Waals surface area contributed by atoms with Crippen LogP contribution in [0.15, 0.2) is 18.2 Å². The van der Waals surface area contributed by atoms with E-state index in [1.807, 2.05) is 0 Å². The van der Waals surface area contributed by atoms with Crippen LogP contribution in [0.4, 0.5) is 5.69 Å². The van der Waals surface area contributed by atoms with Gasteiger partial charge in [-0.1, -0.05) is 31.5 Å². The summed E-state index contributed by atoms with van der Waals surface area (Å²) in [6, 6.07) is 8.30. The van der Waals surface area contributed by atoms with Crippen molar-refractivity contribution in [2.45, 2.75) is 65.0 Å². The van der Waals surface area contributed by atoms with Crippen LogP contribution in [-0.2, 0) is 6.42 Å². The van der Waals surface area contributed by atoms with Gasteiger partial charge in [0, 0.05) is 24.3 Å². The number of likely N-dealkylation sites (N-methyl/N-ethyl adjacent to an activating group) is 1. The van der Waals surface area contributed by atoms with Gasteiger partial charge in [-0.25, -0.2) is 0 Å². The van der Waals surface area contributed by atoms with Gasteiger partial charge >= 0.3 is 0 Å². The first-order valence-corrected chi connectivity index (χ1v) is 8.54. The van der Waals surface area contributed by atoms with E-state index in [9.17, 15) is 0 Å². The SMILES string of the molecule is CNC1CCC(C)(C)CC1N1CCCc2cc(C)ccc21. The average Bonchev–Trinajstić information content (AvgIpc) is 2.45. The molecule has 0 aromatic heterocycles. The standard InChI is InChI=1S/C19H30N2/c1-14-7-8-17-15(12-14)6-5-11-21(17)18-13-19(2,3)10-9-16(18)20-4/h7-8,12,16,18,20H,5-6,9-11,13H2,1-4H3. The van der Waals surface area contributed by atoms with Crippen LogP contribution in [0, 0.1) is 12.3 Å². The fourth-order valence-electron chi connectivity index (χ4n) is 4.31. The highest BCUT2D eigenvalue weighted by Crippen LogP contribution is 2.40. The molecule has 0 bridgehead atoms. The molecule has 1 heterocycles. The molecule has 1 aromatic carbocycles. The summed E-state index contributed by atoms with van der Waals surface area (Å²) in [4.78, 5) is 2.71. The largest absolute Gasteiger partial charge is 0.367 e. The van der Waals surface area contributed by atoms with E-state index in [2.05, 4.69) is 56.2 Å². The second-order valence-electron chi connectivity index (χ2n) is 7.80. The van der Waals surface area contributed by atoms with E-state index < -0.39 is 0 Å². The smallest absolute Gasteiger partial charge is 0.0448 e. The molecule has 1 aliphatic heterocycles. The Hall–Kier alpha value is -1.02. The first kappa shape index (κ1) is 14.9. The number of nitrogens with one attached hydrogen (secondary N) is 1. The molecule has 0 radical (unpaired) electrons. The zero-order valence-corrected chi connectivity index (χ0v) is 14.1. The lowest BCUT2D eigenvalue weighted by atomic mass is 9.72. The number of rotatable bonds is 2. The van der Waals surface area contributed by atoms with Crippen molar-refractivity contribution >= 4 is 5.69 Å². The molecule has 21 heavy (non-hydrogen) atoms. The summed E-state index contributed by atoms with van der Waals surface area (Å²) >= 11 is 0. The van der Waals surface area contributed by atoms with Crippen molar-refractivity contribution in [2.75, 3.05) is 18.5 Å². The second kappa shape index (κ2) is 5.64. The summed E-state index contributed by atoms with van der Waals surface area (Å²) in [7, 11) is 2.13. The molecular weight excluding hydrogens is 256 g/mol. The van der Waals surface area contributed by atoms with E-state index in [-0.39, 0.29) is 0 Å². The van der Waals surface area contributed by atoms with Gasteiger partial charge in [0.15, 0.2) is 0 Å². The maximum Gasteiger partial charge on any atom is 0.0448 e. The zero-order valence-electron chi connectivity index (χ0n) is 14.1. The summed E-state index contributed by atoms with van der Waals surface area (Å²) in [6.07, 6.45) is 6.47. The highest BCUT2D eigenvalue weighted by Gasteiger charge is 2.38. The summed E-state index contributed by atoms with van der Waals surface area (Å²) < 4.78 is 0. The minimum atomic E-state index is 0.473. The van der Waals surface area contributed by atoms with Gasteiger partial charge in [0.2, 0.25) is 0 Å². The zero-order chi connectivity index (χ0) is 15.0. The lowest BCUT2D eigenvalue weighted by Gasteiger charge is -2.48. The van der Waals surface area contributed by atoms with Gasteiger partial charge < -0.3 is 10.2 Å². The number of fused-ring (bicyclic) bond motifs is 1. The monoisotopic (exact) mass is 286 g/mol. The first-order chi connectivity index (χ1) is 10.00. The first-order valence-electron chi connectivity index (χ1n) is 8.54. The van der Waals surface area contributed by atoms with E-state index >= 15 is 0 Å². The number of nitrogens with zero attached hydrogens (tertiary/aromatic N) is 1. The quantitative estimate of drug-likeness (QED) is 0.886. The lowest BCUT2D eigenvalue weighted by molar-refractivity contribution is 0.178. The van der Waals surface area contributed by atoms with Crippen LogP contribution in [-0.4, -0.2) is 25.7 Å². The molecule has 2 heteroatoms. The minimum Gasteiger partial charge on any atom is -0.367 e. The molecule has 2 unspecified atom stereocenters. The van der Waals surface area contributed by atoms with Crippen LogP contribution in [0.3, 0.4) is 0 Å². The molecule has 2 nitrogen and oxygen atoms in total. The van der Waals surface area contributed by atoms with Crippen LogP contribution >= 0.6 is 0 Å². The van der Waals surface area contributed by atoms with Crippen molar-refractivity contribution in [1.29, 1.82) is 0 Å². The molecule has 1 aromatic rings. The summed E-state index contributed by atoms with van der Waals surface area (Å²) in [5.41, 5.74) is 4.92. The molecule has 3 rings (SSSR count). The van der Waals surface area contributed by atoms with Crippen LogP contribution in [0.1, 0.15) is 50.7 Å². The van der Waals surface area contributed by atoms with Gasteiger partial charge in [-0.2, -0.15) is 0 Å². The van der Waals surface area contributed by atoms with Crippen LogP contribution in [0.2, 0.25) is 0 Å². The number of benzene rings is 1. The Labute approximate surface area is 129 Å². The second-order valence-corrected chi connectivity index (χ2v) is 7.80. The lowest BCUT2D eigenvalue weighted by Crippen LogP contribution is -2.55. The van der Waals surface area contributed by atoms with E-state index in [1.165, 1.54) is 49.9 Å². The maximum absolute atomic E-state index is 3.59. The molecule has 1 N–H and O–H groups in total. The minimum absolute atomic E-state index is 0.473. The van der Waals surface area contributed by atoms with Gasteiger partial charge in [-0.3, -0.25) is 0 Å². The molecule has 1 saturated carbocycles. The highest BCUT2D eigenvalue weighted by molar-refractivity contribution is 5.57. The Morgan fingerprint density at radius 2 is 2.10 bits per heavy atom. The number of anilines is 1. The average molecular weight is 286 g/mol. The third-order valence-corrected chi connectivity index (χ3v) is 5.52. The summed E-state index contributed by atoms with van der Waals surface area (Å²) in [5, 5.41) is 3.59. The van der Waals surface area contributed by atoms with Gasteiger partial charge in [-0.05, 0) is 63.1 Å². The van der Waals surface area contributed by atoms with Crippen molar-refractivity contribution in [3.05, 3.63) is 29.3 Å². The fourth-order valence-corrected chi connectivity index (χ4v) is 4.31. The Kier molecular flexibility index (Phi) is 4.00. The van der Waals surface area contributed by atoms with Crippen LogP contribution in [0.5, 0.6) is 0 Å². The molecular formula is C19H30N2. The molecule has 1 aliphatic carbocycles. The topological polar surface area (TPSA) is 15.3 Å². The predicted octanol–water partition coefficient (Wildman–Crippen LogP) is 3.91. The summed E-state index contributed by atoms with van der Waals surface area (Å²) in [5.74, 6) is 0. The third-order valence-electron chi connectivity index (χ3n) is 5.52. The Morgan fingerprint density at radius 1 is 1.29 bits per heavy atom. The number of hydrogen-bond acceptors (Lipinski definition) is 2. The molecule has 0 spiro atoms. The van der Waals surface area contributed by atoms with Crippen molar-refractivity contribution in [1.82, 2.24) is 5.32 Å². The van der Waals surface area contributed by atoms with Gasteiger partial charge in [0.1, 0.15) is 0 Å². The van der Waals surface area contributed by atoms with Crippen LogP contribution < -0.4 is 10.2 Å².